The molecule has 0 saturated heterocycles. The molecule has 21 heavy (non-hydrogen) atoms. The van der Waals surface area contributed by atoms with Crippen molar-refractivity contribution in [2.24, 2.45) is 11.7 Å². The van der Waals surface area contributed by atoms with Gasteiger partial charge in [-0.3, -0.25) is 0 Å². The van der Waals surface area contributed by atoms with Crippen LogP contribution in [-0.2, 0) is 10.3 Å². The van der Waals surface area contributed by atoms with Crippen molar-refractivity contribution in [2.45, 2.75) is 24.8 Å². The molecule has 0 bridgehead atoms. The van der Waals surface area contributed by atoms with Gasteiger partial charge in [0.2, 0.25) is 0 Å². The lowest BCUT2D eigenvalue weighted by molar-refractivity contribution is 0.0981. The van der Waals surface area contributed by atoms with Crippen molar-refractivity contribution in [2.75, 3.05) is 40.0 Å². The molecule has 0 aromatic heterocycles. The smallest absolute Gasteiger partial charge is 0.0656 e. The second kappa shape index (κ2) is 7.90. The maximum atomic E-state index is 9.67. The second-order valence-corrected chi connectivity index (χ2v) is 6.25. The van der Waals surface area contributed by atoms with Crippen LogP contribution < -0.4 is 5.73 Å². The van der Waals surface area contributed by atoms with Crippen molar-refractivity contribution in [3.8, 4) is 0 Å². The lowest BCUT2D eigenvalue weighted by Gasteiger charge is -2.30. The van der Waals surface area contributed by atoms with E-state index in [1.165, 1.54) is 12.8 Å². The molecule has 0 radical (unpaired) electrons. The first kappa shape index (κ1) is 16.4. The van der Waals surface area contributed by atoms with Gasteiger partial charge in [-0.05, 0) is 37.8 Å². The Morgan fingerprint density at radius 3 is 2.62 bits per heavy atom. The summed E-state index contributed by atoms with van der Waals surface area (Å²) in [5, 5.41) is 9.67. The van der Waals surface area contributed by atoms with Crippen molar-refractivity contribution in [1.82, 2.24) is 4.90 Å². The van der Waals surface area contributed by atoms with E-state index in [0.29, 0.717) is 0 Å². The zero-order valence-electron chi connectivity index (χ0n) is 13.0. The first-order valence-electron chi connectivity index (χ1n) is 7.85. The third-order valence-corrected chi connectivity index (χ3v) is 4.24. The molecule has 1 atom stereocenters. The summed E-state index contributed by atoms with van der Waals surface area (Å²) in [5.41, 5.74) is 6.69. The monoisotopic (exact) mass is 292 g/mol. The highest BCUT2D eigenvalue weighted by molar-refractivity contribution is 5.24. The van der Waals surface area contributed by atoms with Gasteiger partial charge in [-0.2, -0.15) is 0 Å². The molecule has 0 heterocycles. The lowest BCUT2D eigenvalue weighted by atomic mass is 9.88. The molecular formula is C17H28N2O2. The van der Waals surface area contributed by atoms with Crippen LogP contribution in [0, 0.1) is 5.92 Å². The van der Waals surface area contributed by atoms with E-state index in [4.69, 9.17) is 10.5 Å². The van der Waals surface area contributed by atoms with Gasteiger partial charge in [-0.25, -0.2) is 0 Å². The summed E-state index contributed by atoms with van der Waals surface area (Å²) < 4.78 is 5.65. The second-order valence-electron chi connectivity index (χ2n) is 6.25. The van der Waals surface area contributed by atoms with E-state index in [2.05, 4.69) is 11.9 Å². The van der Waals surface area contributed by atoms with E-state index in [1.807, 2.05) is 30.3 Å². The number of ether oxygens (including phenoxy) is 1. The summed E-state index contributed by atoms with van der Waals surface area (Å²) in [5.74, 6) is 0.819. The van der Waals surface area contributed by atoms with Crippen LogP contribution in [0.25, 0.3) is 0 Å². The molecule has 2 rings (SSSR count). The molecule has 1 fully saturated rings. The predicted octanol–water partition coefficient (Wildman–Crippen LogP) is 1.58. The highest BCUT2D eigenvalue weighted by Gasteiger charge is 2.26. The van der Waals surface area contributed by atoms with E-state index in [0.717, 1.165) is 44.2 Å². The summed E-state index contributed by atoms with van der Waals surface area (Å²) in [6.07, 6.45) is 3.39. The van der Waals surface area contributed by atoms with Crippen LogP contribution in [0.4, 0.5) is 0 Å². The normalized spacial score (nSPS) is 17.9. The average Bonchev–Trinajstić information content (AvgIpc) is 3.34. The fourth-order valence-corrected chi connectivity index (χ4v) is 2.34. The van der Waals surface area contributed by atoms with Crippen LogP contribution in [0.5, 0.6) is 0 Å². The third kappa shape index (κ3) is 5.40. The highest BCUT2D eigenvalue weighted by Crippen LogP contribution is 2.28. The Hall–Kier alpha value is -0.940. The van der Waals surface area contributed by atoms with Crippen molar-refractivity contribution in [1.29, 1.82) is 0 Å². The van der Waals surface area contributed by atoms with Crippen LogP contribution in [0.15, 0.2) is 30.3 Å². The van der Waals surface area contributed by atoms with E-state index in [1.54, 1.807) is 0 Å². The Balaban J connectivity index is 1.71. The molecular weight excluding hydrogens is 264 g/mol. The minimum Gasteiger partial charge on any atom is -0.394 e. The number of likely N-dealkylation sites (N-methyl/N-ethyl adjacent to an activating group) is 1. The first-order valence-corrected chi connectivity index (χ1v) is 7.85. The summed E-state index contributed by atoms with van der Waals surface area (Å²) >= 11 is 0. The maximum absolute atomic E-state index is 9.67. The zero-order chi connectivity index (χ0) is 15.1. The molecule has 0 spiro atoms. The number of hydrogen-bond donors (Lipinski definition) is 2. The topological polar surface area (TPSA) is 58.7 Å². The van der Waals surface area contributed by atoms with Gasteiger partial charge in [0.25, 0.3) is 0 Å². The number of aliphatic hydroxyl groups excluding tert-OH is 1. The predicted molar refractivity (Wildman–Crippen MR) is 85.1 cm³/mol. The molecule has 3 N–H and O–H groups in total. The highest BCUT2D eigenvalue weighted by atomic mass is 16.5. The molecule has 1 unspecified atom stereocenters. The minimum absolute atomic E-state index is 0.0387. The Bertz CT molecular complexity index is 409. The van der Waals surface area contributed by atoms with E-state index in [-0.39, 0.29) is 6.61 Å². The molecule has 4 heteroatoms. The van der Waals surface area contributed by atoms with E-state index in [9.17, 15) is 5.11 Å². The van der Waals surface area contributed by atoms with E-state index >= 15 is 0 Å². The average molecular weight is 292 g/mol. The van der Waals surface area contributed by atoms with Gasteiger partial charge in [-0.15, -0.1) is 0 Å². The lowest BCUT2D eigenvalue weighted by Crippen LogP contribution is -2.43. The van der Waals surface area contributed by atoms with E-state index < -0.39 is 5.54 Å². The van der Waals surface area contributed by atoms with Crippen molar-refractivity contribution in [3.05, 3.63) is 35.9 Å². The number of rotatable bonds is 10. The Morgan fingerprint density at radius 2 is 2.00 bits per heavy atom. The molecule has 118 valence electrons. The van der Waals surface area contributed by atoms with Crippen LogP contribution in [0.1, 0.15) is 24.8 Å². The number of benzene rings is 1. The van der Waals surface area contributed by atoms with Crippen molar-refractivity contribution < 1.29 is 9.84 Å². The molecule has 4 nitrogen and oxygen atoms in total. The Morgan fingerprint density at radius 1 is 1.29 bits per heavy atom. The quantitative estimate of drug-likeness (QED) is 0.643. The largest absolute Gasteiger partial charge is 0.394 e. The summed E-state index contributed by atoms with van der Waals surface area (Å²) in [6.45, 7) is 3.40. The van der Waals surface area contributed by atoms with Gasteiger partial charge >= 0.3 is 0 Å². The SMILES string of the molecule is CN(CCOCC1CC1)CCC(N)(CO)c1ccccc1. The fraction of sp³-hybridized carbons (Fsp3) is 0.647. The molecule has 0 aliphatic heterocycles. The molecule has 1 aromatic carbocycles. The molecule has 1 aliphatic rings. The number of nitrogens with two attached hydrogens (primary N) is 1. The van der Waals surface area contributed by atoms with Gasteiger partial charge in [-0.1, -0.05) is 30.3 Å². The van der Waals surface area contributed by atoms with Crippen LogP contribution in [0.3, 0.4) is 0 Å². The number of aliphatic hydroxyl groups is 1. The Labute approximate surface area is 127 Å². The van der Waals surface area contributed by atoms with Gasteiger partial charge in [0, 0.05) is 19.7 Å². The number of hydrogen-bond acceptors (Lipinski definition) is 4. The number of nitrogens with zero attached hydrogens (tertiary/aromatic N) is 1. The summed E-state index contributed by atoms with van der Waals surface area (Å²) in [6, 6.07) is 9.85. The van der Waals surface area contributed by atoms with Crippen molar-refractivity contribution >= 4 is 0 Å². The molecule has 1 saturated carbocycles. The molecule has 0 amide bonds. The van der Waals surface area contributed by atoms with Crippen LogP contribution >= 0.6 is 0 Å². The summed E-state index contributed by atoms with van der Waals surface area (Å²) in [4.78, 5) is 2.22. The van der Waals surface area contributed by atoms with Gasteiger partial charge in [0.15, 0.2) is 0 Å². The fourth-order valence-electron chi connectivity index (χ4n) is 2.34. The Kier molecular flexibility index (Phi) is 6.18. The molecule has 1 aromatic rings. The standard InChI is InChI=1S/C17H28N2O2/c1-19(11-12-21-13-15-7-8-15)10-9-17(18,14-20)16-5-3-2-4-6-16/h2-6,15,20H,7-14,18H2,1H3. The zero-order valence-corrected chi connectivity index (χ0v) is 13.0. The minimum atomic E-state index is -0.662. The van der Waals surface area contributed by atoms with Crippen LogP contribution in [0.2, 0.25) is 0 Å². The van der Waals surface area contributed by atoms with Gasteiger partial charge in [0.1, 0.15) is 0 Å². The van der Waals surface area contributed by atoms with Crippen LogP contribution in [-0.4, -0.2) is 50.0 Å². The first-order chi connectivity index (χ1) is 10.1. The third-order valence-electron chi connectivity index (χ3n) is 4.24. The van der Waals surface area contributed by atoms with Crippen molar-refractivity contribution in [3.63, 3.8) is 0 Å². The van der Waals surface area contributed by atoms with Gasteiger partial charge in [0.05, 0.1) is 18.8 Å². The molecule has 1 aliphatic carbocycles. The van der Waals surface area contributed by atoms with Gasteiger partial charge < -0.3 is 20.5 Å². The maximum Gasteiger partial charge on any atom is 0.0656 e. The summed E-state index contributed by atoms with van der Waals surface area (Å²) in [7, 11) is 2.07.